The molecule has 1 aromatic heterocycles. The maximum atomic E-state index is 11.8. The van der Waals surface area contributed by atoms with Gasteiger partial charge < -0.3 is 10.1 Å². The lowest BCUT2D eigenvalue weighted by Crippen LogP contribution is -2.30. The molecule has 1 aromatic carbocycles. The van der Waals surface area contributed by atoms with Crippen molar-refractivity contribution in [3.63, 3.8) is 0 Å². The van der Waals surface area contributed by atoms with Gasteiger partial charge in [-0.25, -0.2) is 4.79 Å². The molecule has 0 aliphatic rings. The predicted octanol–water partition coefficient (Wildman–Crippen LogP) is 3.94. The van der Waals surface area contributed by atoms with Crippen LogP contribution in [0.15, 0.2) is 52.3 Å². The molecule has 0 bridgehead atoms. The largest absolute Gasteiger partial charge is 0.452 e. The Bertz CT molecular complexity index is 680. The lowest BCUT2D eigenvalue weighted by atomic mass is 10.1. The maximum absolute atomic E-state index is 11.8. The predicted molar refractivity (Wildman–Crippen MR) is 95.0 cm³/mol. The molecule has 0 saturated heterocycles. The van der Waals surface area contributed by atoms with Crippen molar-refractivity contribution < 1.29 is 14.3 Å². The molecule has 0 spiro atoms. The van der Waals surface area contributed by atoms with Gasteiger partial charge in [-0.1, -0.05) is 34.1 Å². The van der Waals surface area contributed by atoms with Crippen LogP contribution < -0.4 is 5.32 Å². The first-order valence-corrected chi connectivity index (χ1v) is 8.65. The highest BCUT2D eigenvalue weighted by molar-refractivity contribution is 9.10. The zero-order valence-electron chi connectivity index (χ0n) is 12.5. The molecule has 1 unspecified atom stereocenters. The summed E-state index contributed by atoms with van der Waals surface area (Å²) in [7, 11) is 0. The number of halogens is 1. The van der Waals surface area contributed by atoms with E-state index in [1.54, 1.807) is 6.08 Å². The van der Waals surface area contributed by atoms with Crippen LogP contribution in [0.4, 0.5) is 0 Å². The van der Waals surface area contributed by atoms with E-state index in [1.165, 1.54) is 17.4 Å². The molecule has 0 radical (unpaired) electrons. The van der Waals surface area contributed by atoms with Crippen molar-refractivity contribution >= 4 is 45.2 Å². The van der Waals surface area contributed by atoms with Crippen LogP contribution in [-0.2, 0) is 14.3 Å². The SMILES string of the molecule is CC(NC(=O)COC(=O)/C=C/c1cccs1)c1ccc(Br)cc1. The van der Waals surface area contributed by atoms with Gasteiger partial charge in [-0.05, 0) is 42.1 Å². The molecule has 1 heterocycles. The fraction of sp³-hybridized carbons (Fsp3) is 0.176. The van der Waals surface area contributed by atoms with Crippen LogP contribution in [-0.4, -0.2) is 18.5 Å². The quantitative estimate of drug-likeness (QED) is 0.597. The van der Waals surface area contributed by atoms with Crippen molar-refractivity contribution in [2.75, 3.05) is 6.61 Å². The molecule has 1 atom stereocenters. The van der Waals surface area contributed by atoms with Crippen LogP contribution in [0.5, 0.6) is 0 Å². The number of hydrogen-bond donors (Lipinski definition) is 1. The Morgan fingerprint density at radius 3 is 2.70 bits per heavy atom. The van der Waals surface area contributed by atoms with Crippen LogP contribution in [0.25, 0.3) is 6.08 Å². The molecule has 0 saturated carbocycles. The molecule has 2 aromatic rings. The number of carbonyl (C=O) groups is 2. The molecule has 0 aliphatic carbocycles. The Balaban J connectivity index is 1.76. The Morgan fingerprint density at radius 1 is 1.30 bits per heavy atom. The number of amides is 1. The van der Waals surface area contributed by atoms with E-state index in [2.05, 4.69) is 21.2 Å². The second-order valence-corrected chi connectivity index (χ2v) is 6.69. The molecule has 2 rings (SSSR count). The molecule has 4 nitrogen and oxygen atoms in total. The average Bonchev–Trinajstić information content (AvgIpc) is 3.05. The normalized spacial score (nSPS) is 12.1. The van der Waals surface area contributed by atoms with E-state index in [4.69, 9.17) is 4.74 Å². The van der Waals surface area contributed by atoms with Gasteiger partial charge >= 0.3 is 5.97 Å². The third-order valence-electron chi connectivity index (χ3n) is 3.02. The second-order valence-electron chi connectivity index (χ2n) is 4.80. The van der Waals surface area contributed by atoms with E-state index < -0.39 is 5.97 Å². The second kappa shape index (κ2) is 8.64. The van der Waals surface area contributed by atoms with Gasteiger partial charge in [0.25, 0.3) is 5.91 Å². The number of carbonyl (C=O) groups excluding carboxylic acids is 2. The minimum atomic E-state index is -0.537. The fourth-order valence-corrected chi connectivity index (χ4v) is 2.72. The van der Waals surface area contributed by atoms with E-state index in [0.29, 0.717) is 0 Å². The fourth-order valence-electron chi connectivity index (χ4n) is 1.84. The Kier molecular flexibility index (Phi) is 6.55. The van der Waals surface area contributed by atoms with Crippen molar-refractivity contribution in [3.8, 4) is 0 Å². The summed E-state index contributed by atoms with van der Waals surface area (Å²) in [6.45, 7) is 1.58. The van der Waals surface area contributed by atoms with Crippen molar-refractivity contribution in [3.05, 3.63) is 62.8 Å². The summed E-state index contributed by atoms with van der Waals surface area (Å²) < 4.78 is 5.90. The standard InChI is InChI=1S/C17H16BrNO3S/c1-12(13-4-6-14(18)7-5-13)19-16(20)11-22-17(21)9-8-15-3-2-10-23-15/h2-10,12H,11H2,1H3,(H,19,20)/b9-8+. The molecule has 1 amide bonds. The first-order chi connectivity index (χ1) is 11.0. The third kappa shape index (κ3) is 6.00. The number of hydrogen-bond acceptors (Lipinski definition) is 4. The zero-order valence-corrected chi connectivity index (χ0v) is 14.9. The van der Waals surface area contributed by atoms with Gasteiger partial charge in [0.1, 0.15) is 0 Å². The Hall–Kier alpha value is -1.92. The molecule has 0 aliphatic heterocycles. The van der Waals surface area contributed by atoms with E-state index in [9.17, 15) is 9.59 Å². The number of benzene rings is 1. The number of ether oxygens (including phenoxy) is 1. The molecule has 1 N–H and O–H groups in total. The highest BCUT2D eigenvalue weighted by Crippen LogP contribution is 2.16. The van der Waals surface area contributed by atoms with E-state index in [1.807, 2.05) is 48.7 Å². The number of thiophene rings is 1. The molecular formula is C17H16BrNO3S. The van der Waals surface area contributed by atoms with Crippen molar-refractivity contribution in [1.82, 2.24) is 5.32 Å². The van der Waals surface area contributed by atoms with Crippen molar-refractivity contribution in [1.29, 1.82) is 0 Å². The summed E-state index contributed by atoms with van der Waals surface area (Å²) in [5.41, 5.74) is 0.977. The van der Waals surface area contributed by atoms with Crippen LogP contribution in [0.1, 0.15) is 23.4 Å². The first-order valence-electron chi connectivity index (χ1n) is 6.98. The summed E-state index contributed by atoms with van der Waals surface area (Å²) in [6, 6.07) is 11.3. The van der Waals surface area contributed by atoms with Gasteiger partial charge in [-0.15, -0.1) is 11.3 Å². The molecular weight excluding hydrogens is 378 g/mol. The lowest BCUT2D eigenvalue weighted by molar-refractivity contribution is -0.144. The van der Waals surface area contributed by atoms with Crippen LogP contribution in [0, 0.1) is 0 Å². The molecule has 120 valence electrons. The third-order valence-corrected chi connectivity index (χ3v) is 4.39. The number of nitrogens with one attached hydrogen (secondary N) is 1. The summed E-state index contributed by atoms with van der Waals surface area (Å²) in [5, 5.41) is 4.71. The van der Waals surface area contributed by atoms with E-state index in [0.717, 1.165) is 14.9 Å². The molecule has 0 fully saturated rings. The highest BCUT2D eigenvalue weighted by Gasteiger charge is 2.11. The van der Waals surface area contributed by atoms with Crippen LogP contribution in [0.3, 0.4) is 0 Å². The Labute approximate surface area is 147 Å². The van der Waals surface area contributed by atoms with Crippen molar-refractivity contribution in [2.24, 2.45) is 0 Å². The summed E-state index contributed by atoms with van der Waals surface area (Å²) in [4.78, 5) is 24.3. The minimum Gasteiger partial charge on any atom is -0.452 e. The van der Waals surface area contributed by atoms with E-state index in [-0.39, 0.29) is 18.6 Å². The van der Waals surface area contributed by atoms with Crippen LogP contribution >= 0.6 is 27.3 Å². The minimum absolute atomic E-state index is 0.157. The smallest absolute Gasteiger partial charge is 0.331 e. The van der Waals surface area contributed by atoms with E-state index >= 15 is 0 Å². The summed E-state index contributed by atoms with van der Waals surface area (Å²) in [5.74, 6) is -0.872. The summed E-state index contributed by atoms with van der Waals surface area (Å²) >= 11 is 4.88. The number of esters is 1. The summed E-state index contributed by atoms with van der Waals surface area (Å²) in [6.07, 6.45) is 2.98. The van der Waals surface area contributed by atoms with Gasteiger partial charge in [0, 0.05) is 15.4 Å². The van der Waals surface area contributed by atoms with Gasteiger partial charge in [-0.2, -0.15) is 0 Å². The lowest BCUT2D eigenvalue weighted by Gasteiger charge is -2.14. The van der Waals surface area contributed by atoms with Gasteiger partial charge in [0.2, 0.25) is 0 Å². The van der Waals surface area contributed by atoms with Gasteiger partial charge in [-0.3, -0.25) is 4.79 Å². The zero-order chi connectivity index (χ0) is 16.7. The van der Waals surface area contributed by atoms with Crippen molar-refractivity contribution in [2.45, 2.75) is 13.0 Å². The Morgan fingerprint density at radius 2 is 2.04 bits per heavy atom. The molecule has 23 heavy (non-hydrogen) atoms. The number of rotatable bonds is 6. The monoisotopic (exact) mass is 393 g/mol. The van der Waals surface area contributed by atoms with Crippen LogP contribution in [0.2, 0.25) is 0 Å². The van der Waals surface area contributed by atoms with Gasteiger partial charge in [0.05, 0.1) is 6.04 Å². The van der Waals surface area contributed by atoms with Gasteiger partial charge in [0.15, 0.2) is 6.61 Å². The topological polar surface area (TPSA) is 55.4 Å². The highest BCUT2D eigenvalue weighted by atomic mass is 79.9. The molecule has 6 heteroatoms. The maximum Gasteiger partial charge on any atom is 0.331 e. The average molecular weight is 394 g/mol. The first kappa shape index (κ1) is 17.4.